The molecule has 2 heterocycles. The summed E-state index contributed by atoms with van der Waals surface area (Å²) in [5, 5.41) is 8.90. The number of H-pyrrole nitrogens is 1. The van der Waals surface area contributed by atoms with E-state index in [1.807, 2.05) is 0 Å². The van der Waals surface area contributed by atoms with Crippen molar-refractivity contribution in [1.82, 2.24) is 10.2 Å². The number of carbonyl (C=O) groups is 2. The highest BCUT2D eigenvalue weighted by molar-refractivity contribution is 7.14. The van der Waals surface area contributed by atoms with Gasteiger partial charge >= 0.3 is 5.97 Å². The zero-order valence-electron chi connectivity index (χ0n) is 18.0. The van der Waals surface area contributed by atoms with Crippen LogP contribution in [-0.2, 0) is 4.74 Å². The minimum atomic E-state index is -0.990. The van der Waals surface area contributed by atoms with E-state index < -0.39 is 29.1 Å². The van der Waals surface area contributed by atoms with Crippen molar-refractivity contribution in [1.29, 1.82) is 0 Å². The van der Waals surface area contributed by atoms with Gasteiger partial charge in [0.15, 0.2) is 11.6 Å². The lowest BCUT2D eigenvalue weighted by Crippen LogP contribution is -2.24. The van der Waals surface area contributed by atoms with Crippen molar-refractivity contribution in [3.63, 3.8) is 0 Å². The summed E-state index contributed by atoms with van der Waals surface area (Å²) in [5.74, 6) is -3.18. The number of halogens is 2. The molecule has 4 aromatic rings. The lowest BCUT2D eigenvalue weighted by Gasteiger charge is -2.20. The minimum Gasteiger partial charge on any atom is -0.456 e. The third-order valence-electron chi connectivity index (χ3n) is 4.91. The normalized spacial score (nSPS) is 11.7. The van der Waals surface area contributed by atoms with Crippen LogP contribution in [-0.4, -0.2) is 27.7 Å². The van der Waals surface area contributed by atoms with Crippen LogP contribution < -0.4 is 11.5 Å². The van der Waals surface area contributed by atoms with Crippen LogP contribution in [0.1, 0.15) is 41.5 Å². The molecule has 0 aliphatic carbocycles. The summed E-state index contributed by atoms with van der Waals surface area (Å²) in [7, 11) is 0. The van der Waals surface area contributed by atoms with E-state index in [2.05, 4.69) is 10.2 Å². The molecule has 7 nitrogen and oxygen atoms in total. The Kier molecular flexibility index (Phi) is 5.41. The number of nitrogens with one attached hydrogen (secondary N) is 1. The van der Waals surface area contributed by atoms with Gasteiger partial charge in [0, 0.05) is 16.5 Å². The Labute approximate surface area is 191 Å². The van der Waals surface area contributed by atoms with Crippen molar-refractivity contribution in [3.8, 4) is 21.7 Å². The molecule has 2 aromatic heterocycles. The predicted octanol–water partition coefficient (Wildman–Crippen LogP) is 4.87. The van der Waals surface area contributed by atoms with Gasteiger partial charge in [0.25, 0.3) is 0 Å². The van der Waals surface area contributed by atoms with Crippen molar-refractivity contribution in [2.45, 2.75) is 26.4 Å². The molecule has 0 aliphatic heterocycles. The Bertz CT molecular complexity index is 1420. The summed E-state index contributed by atoms with van der Waals surface area (Å²) in [6.45, 7) is 4.98. The molecule has 0 spiro atoms. The number of benzene rings is 2. The standard InChI is InChI=1S/C23H20F2N4O3S/c1-23(2,3)32-22(31)12-6-5-11(17(26)15(12)24)10-4-7-13-18(16(10)25)28-29-19(13)20-14(21(27)30)8-9-33-20/h4-9H,26H2,1-3H3,(H2,27,30)(H,28,29). The molecule has 0 atom stereocenters. The van der Waals surface area contributed by atoms with Gasteiger partial charge in [-0.2, -0.15) is 5.10 Å². The van der Waals surface area contributed by atoms with Crippen LogP contribution in [0.5, 0.6) is 0 Å². The Morgan fingerprint density at radius 3 is 2.39 bits per heavy atom. The number of hydrogen-bond donors (Lipinski definition) is 3. The third kappa shape index (κ3) is 3.93. The summed E-state index contributed by atoms with van der Waals surface area (Å²) < 4.78 is 35.5. The van der Waals surface area contributed by atoms with Crippen molar-refractivity contribution >= 4 is 39.8 Å². The van der Waals surface area contributed by atoms with Crippen molar-refractivity contribution < 1.29 is 23.1 Å². The minimum absolute atomic E-state index is 0.0196. The number of aromatic amines is 1. The number of aromatic nitrogens is 2. The average molecular weight is 471 g/mol. The first-order valence-electron chi connectivity index (χ1n) is 9.85. The van der Waals surface area contributed by atoms with E-state index in [-0.39, 0.29) is 33.5 Å². The van der Waals surface area contributed by atoms with Crippen LogP contribution in [0.25, 0.3) is 32.6 Å². The largest absolute Gasteiger partial charge is 0.456 e. The lowest BCUT2D eigenvalue weighted by atomic mass is 9.98. The maximum Gasteiger partial charge on any atom is 0.341 e. The molecule has 10 heteroatoms. The zero-order valence-corrected chi connectivity index (χ0v) is 18.8. The smallest absolute Gasteiger partial charge is 0.341 e. The number of nitrogens with two attached hydrogens (primary N) is 2. The summed E-state index contributed by atoms with van der Waals surface area (Å²) in [5.41, 5.74) is 10.6. The van der Waals surface area contributed by atoms with Crippen molar-refractivity contribution in [3.05, 3.63) is 58.5 Å². The van der Waals surface area contributed by atoms with Crippen LogP contribution in [0.3, 0.4) is 0 Å². The fourth-order valence-corrected chi connectivity index (χ4v) is 4.34. The van der Waals surface area contributed by atoms with Gasteiger partial charge in [-0.3, -0.25) is 9.89 Å². The molecule has 4 rings (SSSR count). The van der Waals surface area contributed by atoms with E-state index in [9.17, 15) is 14.0 Å². The number of anilines is 1. The number of carbonyl (C=O) groups excluding carboxylic acids is 2. The van der Waals surface area contributed by atoms with Crippen LogP contribution in [0.15, 0.2) is 35.7 Å². The Morgan fingerprint density at radius 1 is 1.03 bits per heavy atom. The van der Waals surface area contributed by atoms with Gasteiger partial charge in [0.05, 0.1) is 21.7 Å². The maximum absolute atomic E-state index is 15.4. The molecule has 2 aromatic carbocycles. The van der Waals surface area contributed by atoms with E-state index >= 15 is 4.39 Å². The summed E-state index contributed by atoms with van der Waals surface area (Å²) in [6.07, 6.45) is 0. The number of nitrogens with zero attached hydrogens (tertiary/aromatic N) is 1. The quantitative estimate of drug-likeness (QED) is 0.290. The molecular formula is C23H20F2N4O3S. The Morgan fingerprint density at radius 2 is 1.73 bits per heavy atom. The fraction of sp³-hybridized carbons (Fsp3) is 0.174. The average Bonchev–Trinajstić information content (AvgIpc) is 3.36. The highest BCUT2D eigenvalue weighted by Gasteiger charge is 2.25. The van der Waals surface area contributed by atoms with E-state index in [0.29, 0.717) is 16.0 Å². The number of ether oxygens (including phenoxy) is 1. The van der Waals surface area contributed by atoms with E-state index in [1.165, 1.54) is 29.5 Å². The Balaban J connectivity index is 1.79. The summed E-state index contributed by atoms with van der Waals surface area (Å²) in [4.78, 5) is 24.5. The molecule has 170 valence electrons. The molecule has 0 bridgehead atoms. The summed E-state index contributed by atoms with van der Waals surface area (Å²) in [6, 6.07) is 7.18. The number of amides is 1. The molecule has 5 N–H and O–H groups in total. The topological polar surface area (TPSA) is 124 Å². The number of esters is 1. The van der Waals surface area contributed by atoms with Crippen molar-refractivity contribution in [2.24, 2.45) is 5.73 Å². The van der Waals surface area contributed by atoms with Gasteiger partial charge in [-0.1, -0.05) is 12.1 Å². The van der Waals surface area contributed by atoms with E-state index in [4.69, 9.17) is 16.2 Å². The predicted molar refractivity (Wildman–Crippen MR) is 123 cm³/mol. The third-order valence-corrected chi connectivity index (χ3v) is 5.83. The monoisotopic (exact) mass is 470 g/mol. The van der Waals surface area contributed by atoms with Crippen molar-refractivity contribution in [2.75, 3.05) is 5.73 Å². The maximum atomic E-state index is 15.4. The van der Waals surface area contributed by atoms with Crippen LogP contribution in [0, 0.1) is 11.6 Å². The van der Waals surface area contributed by atoms with Crippen LogP contribution in [0.4, 0.5) is 14.5 Å². The van der Waals surface area contributed by atoms with E-state index in [1.54, 1.807) is 38.3 Å². The van der Waals surface area contributed by atoms with E-state index in [0.717, 1.165) is 0 Å². The zero-order chi connectivity index (χ0) is 24.1. The van der Waals surface area contributed by atoms with Gasteiger partial charge in [-0.25, -0.2) is 13.6 Å². The number of fused-ring (bicyclic) bond motifs is 1. The number of primary amides is 1. The van der Waals surface area contributed by atoms with Crippen LogP contribution >= 0.6 is 11.3 Å². The second-order valence-electron chi connectivity index (χ2n) is 8.34. The summed E-state index contributed by atoms with van der Waals surface area (Å²) >= 11 is 1.25. The van der Waals surface area contributed by atoms with Gasteiger partial charge < -0.3 is 16.2 Å². The number of nitrogen functional groups attached to an aromatic ring is 1. The highest BCUT2D eigenvalue weighted by atomic mass is 32.1. The molecule has 1 amide bonds. The molecule has 33 heavy (non-hydrogen) atoms. The lowest BCUT2D eigenvalue weighted by molar-refractivity contribution is 0.00647. The van der Waals surface area contributed by atoms with Gasteiger partial charge in [-0.05, 0) is 44.4 Å². The van der Waals surface area contributed by atoms with Gasteiger partial charge in [0.1, 0.15) is 16.8 Å². The molecular weight excluding hydrogens is 450 g/mol. The number of rotatable bonds is 4. The van der Waals surface area contributed by atoms with Gasteiger partial charge in [-0.15, -0.1) is 11.3 Å². The SMILES string of the molecule is CC(C)(C)OC(=O)c1ccc(-c2ccc3c(-c4sccc4C(N)=O)n[nH]c3c2F)c(N)c1F. The van der Waals surface area contributed by atoms with Gasteiger partial charge in [0.2, 0.25) is 5.91 Å². The molecule has 0 saturated carbocycles. The second-order valence-corrected chi connectivity index (χ2v) is 9.26. The molecule has 0 radical (unpaired) electrons. The Hall–Kier alpha value is -3.79. The second kappa shape index (κ2) is 7.96. The molecule has 0 fully saturated rings. The molecule has 0 saturated heterocycles. The first-order valence-corrected chi connectivity index (χ1v) is 10.7. The number of hydrogen-bond acceptors (Lipinski definition) is 6. The first-order chi connectivity index (χ1) is 15.5. The molecule has 0 aliphatic rings. The fourth-order valence-electron chi connectivity index (χ4n) is 3.44. The highest BCUT2D eigenvalue weighted by Crippen LogP contribution is 2.38. The van der Waals surface area contributed by atoms with Crippen LogP contribution in [0.2, 0.25) is 0 Å². The number of thiophene rings is 1. The molecule has 0 unspecified atom stereocenters. The first kappa shape index (κ1) is 22.4.